The summed E-state index contributed by atoms with van der Waals surface area (Å²) >= 11 is 0. The molecule has 2 saturated heterocycles. The van der Waals surface area contributed by atoms with Gasteiger partial charge in [-0.3, -0.25) is 0 Å². The Labute approximate surface area is 95.4 Å². The minimum absolute atomic E-state index is 0.314. The average molecular weight is 216 g/mol. The summed E-state index contributed by atoms with van der Waals surface area (Å²) in [5, 5.41) is 0. The zero-order chi connectivity index (χ0) is 11.9. The van der Waals surface area contributed by atoms with E-state index in [1.54, 1.807) is 0 Å². The third-order valence-electron chi connectivity index (χ3n) is 2.30. The van der Waals surface area contributed by atoms with E-state index >= 15 is 0 Å². The largest absolute Gasteiger partial charge is 0.372 e. The van der Waals surface area contributed by atoms with Gasteiger partial charge in [0.05, 0.1) is 5.60 Å². The van der Waals surface area contributed by atoms with Gasteiger partial charge in [0, 0.05) is 19.7 Å². The molecule has 0 radical (unpaired) electrons. The van der Waals surface area contributed by atoms with Crippen LogP contribution >= 0.6 is 0 Å². The van der Waals surface area contributed by atoms with E-state index in [0.29, 0.717) is 5.60 Å². The van der Waals surface area contributed by atoms with E-state index in [1.165, 1.54) is 12.8 Å². The second-order valence-electron chi connectivity index (χ2n) is 4.65. The predicted octanol–water partition coefficient (Wildman–Crippen LogP) is 1.69. The van der Waals surface area contributed by atoms with Crippen molar-refractivity contribution < 1.29 is 4.74 Å². The molecule has 2 heterocycles. The Morgan fingerprint density at radius 2 is 1.60 bits per heavy atom. The molecule has 0 aromatic carbocycles. The summed E-state index contributed by atoms with van der Waals surface area (Å²) in [6, 6.07) is 0. The Hall–Kier alpha value is -0.120. The third-order valence-corrected chi connectivity index (χ3v) is 2.30. The third kappa shape index (κ3) is 5.50. The number of hydrogen-bond donors (Lipinski definition) is 0. The fourth-order valence-corrected chi connectivity index (χ4v) is 1.94. The average Bonchev–Trinajstić information content (AvgIpc) is 2.55. The van der Waals surface area contributed by atoms with Gasteiger partial charge >= 0.3 is 0 Å². The lowest BCUT2D eigenvalue weighted by atomic mass is 9.92. The van der Waals surface area contributed by atoms with Crippen molar-refractivity contribution in [1.29, 1.82) is 0 Å². The first-order valence-corrected chi connectivity index (χ1v) is 5.97. The summed E-state index contributed by atoms with van der Waals surface area (Å²) in [5.41, 5.74) is 0.314. The molecule has 0 saturated carbocycles. The molecule has 0 aromatic rings. The summed E-state index contributed by atoms with van der Waals surface area (Å²) < 4.78 is 5.61. The Morgan fingerprint density at radius 3 is 1.87 bits per heavy atom. The molecule has 2 fully saturated rings. The van der Waals surface area contributed by atoms with Crippen LogP contribution in [-0.2, 0) is 4.74 Å². The van der Waals surface area contributed by atoms with E-state index in [-0.39, 0.29) is 0 Å². The SMILES string of the molecule is CC.CN(C)C.CN1CC2(CCCO2)C1. The quantitative estimate of drug-likeness (QED) is 0.613. The molecular weight excluding hydrogens is 188 g/mol. The molecule has 1 spiro atoms. The molecule has 0 N–H and O–H groups in total. The van der Waals surface area contributed by atoms with Gasteiger partial charge in [-0.15, -0.1) is 0 Å². The maximum Gasteiger partial charge on any atom is 0.0935 e. The second-order valence-corrected chi connectivity index (χ2v) is 4.65. The van der Waals surface area contributed by atoms with E-state index in [1.807, 2.05) is 39.9 Å². The monoisotopic (exact) mass is 216 g/mol. The Balaban J connectivity index is 0.000000282. The van der Waals surface area contributed by atoms with Crippen molar-refractivity contribution in [3.8, 4) is 0 Å². The maximum absolute atomic E-state index is 5.61. The summed E-state index contributed by atoms with van der Waals surface area (Å²) in [7, 11) is 8.15. The number of likely N-dealkylation sites (tertiary alicyclic amines) is 1. The number of likely N-dealkylation sites (N-methyl/N-ethyl adjacent to an activating group) is 1. The molecule has 0 aliphatic carbocycles. The van der Waals surface area contributed by atoms with Crippen LogP contribution in [0.5, 0.6) is 0 Å². The predicted molar refractivity (Wildman–Crippen MR) is 66.4 cm³/mol. The van der Waals surface area contributed by atoms with Crippen molar-refractivity contribution in [3.05, 3.63) is 0 Å². The van der Waals surface area contributed by atoms with Gasteiger partial charge in [-0.25, -0.2) is 0 Å². The van der Waals surface area contributed by atoms with Crippen LogP contribution in [0, 0.1) is 0 Å². The fraction of sp³-hybridized carbons (Fsp3) is 1.00. The van der Waals surface area contributed by atoms with E-state index in [4.69, 9.17) is 4.74 Å². The summed E-state index contributed by atoms with van der Waals surface area (Å²) in [5.74, 6) is 0. The van der Waals surface area contributed by atoms with Crippen molar-refractivity contribution >= 4 is 0 Å². The highest BCUT2D eigenvalue weighted by molar-refractivity contribution is 4.98. The van der Waals surface area contributed by atoms with Crippen LogP contribution in [0.2, 0.25) is 0 Å². The van der Waals surface area contributed by atoms with Crippen molar-refractivity contribution in [2.45, 2.75) is 32.3 Å². The number of nitrogens with zero attached hydrogens (tertiary/aromatic N) is 2. The topological polar surface area (TPSA) is 15.7 Å². The van der Waals surface area contributed by atoms with Gasteiger partial charge in [0.1, 0.15) is 0 Å². The molecule has 3 nitrogen and oxygen atoms in total. The standard InChI is InChI=1S/C7H13NO.C3H9N.C2H6/c1-8-5-7(6-8)3-2-4-9-7;1-4(2)3;1-2/h2-6H2,1H3;1-3H3;1-2H3. The first-order chi connectivity index (χ1) is 7.04. The minimum Gasteiger partial charge on any atom is -0.372 e. The molecular formula is C12H28N2O. The van der Waals surface area contributed by atoms with Gasteiger partial charge in [0.15, 0.2) is 0 Å². The van der Waals surface area contributed by atoms with Crippen LogP contribution in [0.3, 0.4) is 0 Å². The molecule has 92 valence electrons. The van der Waals surface area contributed by atoms with E-state index in [2.05, 4.69) is 11.9 Å². The van der Waals surface area contributed by atoms with Gasteiger partial charge in [-0.2, -0.15) is 0 Å². The summed E-state index contributed by atoms with van der Waals surface area (Å²) in [6.07, 6.45) is 2.56. The maximum atomic E-state index is 5.61. The van der Waals surface area contributed by atoms with Gasteiger partial charge < -0.3 is 14.5 Å². The first-order valence-electron chi connectivity index (χ1n) is 5.97. The highest BCUT2D eigenvalue weighted by Gasteiger charge is 2.44. The van der Waals surface area contributed by atoms with Crippen LogP contribution in [0.25, 0.3) is 0 Å². The lowest BCUT2D eigenvalue weighted by Crippen LogP contribution is -2.59. The van der Waals surface area contributed by atoms with E-state index in [0.717, 1.165) is 19.7 Å². The van der Waals surface area contributed by atoms with Crippen molar-refractivity contribution in [2.75, 3.05) is 47.9 Å². The normalized spacial score (nSPS) is 22.6. The Bertz CT molecular complexity index is 143. The van der Waals surface area contributed by atoms with Crippen molar-refractivity contribution in [1.82, 2.24) is 9.80 Å². The lowest BCUT2D eigenvalue weighted by Gasteiger charge is -2.45. The highest BCUT2D eigenvalue weighted by Crippen LogP contribution is 2.33. The smallest absolute Gasteiger partial charge is 0.0935 e. The van der Waals surface area contributed by atoms with E-state index in [9.17, 15) is 0 Å². The van der Waals surface area contributed by atoms with Gasteiger partial charge in [-0.1, -0.05) is 13.8 Å². The molecule has 2 aliphatic rings. The molecule has 0 amide bonds. The van der Waals surface area contributed by atoms with Gasteiger partial charge in [0.25, 0.3) is 0 Å². The highest BCUT2D eigenvalue weighted by atomic mass is 16.5. The minimum atomic E-state index is 0.314. The zero-order valence-corrected chi connectivity index (χ0v) is 11.3. The van der Waals surface area contributed by atoms with Crippen LogP contribution in [0.1, 0.15) is 26.7 Å². The van der Waals surface area contributed by atoms with Gasteiger partial charge in [-0.05, 0) is 41.0 Å². The van der Waals surface area contributed by atoms with Crippen LogP contribution < -0.4 is 0 Å². The molecule has 15 heavy (non-hydrogen) atoms. The van der Waals surface area contributed by atoms with Crippen LogP contribution in [-0.4, -0.2) is 63.3 Å². The fourth-order valence-electron chi connectivity index (χ4n) is 1.94. The lowest BCUT2D eigenvalue weighted by molar-refractivity contribution is -0.100. The summed E-state index contributed by atoms with van der Waals surface area (Å²) in [6.45, 7) is 7.31. The molecule has 0 bridgehead atoms. The number of rotatable bonds is 0. The molecule has 0 aromatic heterocycles. The van der Waals surface area contributed by atoms with Gasteiger partial charge in [0.2, 0.25) is 0 Å². The molecule has 0 atom stereocenters. The summed E-state index contributed by atoms with van der Waals surface area (Å²) in [4.78, 5) is 4.31. The zero-order valence-electron chi connectivity index (χ0n) is 11.3. The van der Waals surface area contributed by atoms with Crippen LogP contribution in [0.4, 0.5) is 0 Å². The first kappa shape index (κ1) is 14.9. The Morgan fingerprint density at radius 1 is 1.13 bits per heavy atom. The number of hydrogen-bond acceptors (Lipinski definition) is 3. The molecule has 2 rings (SSSR count). The van der Waals surface area contributed by atoms with E-state index < -0.39 is 0 Å². The second kappa shape index (κ2) is 7.20. The van der Waals surface area contributed by atoms with Crippen molar-refractivity contribution in [2.24, 2.45) is 0 Å². The van der Waals surface area contributed by atoms with Crippen LogP contribution in [0.15, 0.2) is 0 Å². The number of ether oxygens (including phenoxy) is 1. The Kier molecular flexibility index (Phi) is 7.14. The molecule has 0 unspecified atom stereocenters. The molecule has 2 aliphatic heterocycles. The molecule has 3 heteroatoms. The van der Waals surface area contributed by atoms with Crippen molar-refractivity contribution in [3.63, 3.8) is 0 Å².